The van der Waals surface area contributed by atoms with E-state index in [-0.39, 0.29) is 11.9 Å². The minimum absolute atomic E-state index is 0.0784. The van der Waals surface area contributed by atoms with E-state index in [9.17, 15) is 4.79 Å². The maximum absolute atomic E-state index is 13.0. The van der Waals surface area contributed by atoms with E-state index in [2.05, 4.69) is 10.2 Å². The van der Waals surface area contributed by atoms with Crippen LogP contribution in [0, 0.1) is 0 Å². The van der Waals surface area contributed by atoms with E-state index in [0.717, 1.165) is 55.5 Å². The zero-order chi connectivity index (χ0) is 19.3. The molecule has 2 heterocycles. The van der Waals surface area contributed by atoms with Crippen molar-refractivity contribution in [3.05, 3.63) is 59.7 Å². The maximum Gasteiger partial charge on any atom is 0.261 e. The van der Waals surface area contributed by atoms with Crippen LogP contribution >= 0.6 is 0 Å². The van der Waals surface area contributed by atoms with Crippen LogP contribution in [-0.4, -0.2) is 56.9 Å². The Hall–Kier alpha value is -2.57. The van der Waals surface area contributed by atoms with Crippen molar-refractivity contribution in [3.8, 4) is 11.5 Å². The molecule has 2 aliphatic heterocycles. The smallest absolute Gasteiger partial charge is 0.261 e. The minimum Gasteiger partial charge on any atom is -0.497 e. The quantitative estimate of drug-likeness (QED) is 0.830. The number of carbonyl (C=O) groups excluding carboxylic acids is 1. The monoisotopic (exact) mass is 382 g/mol. The molecule has 1 saturated heterocycles. The lowest BCUT2D eigenvalue weighted by molar-refractivity contribution is -0.128. The van der Waals surface area contributed by atoms with Gasteiger partial charge in [0, 0.05) is 26.1 Å². The van der Waals surface area contributed by atoms with E-state index in [1.54, 1.807) is 7.11 Å². The molecule has 0 unspecified atom stereocenters. The number of nitrogens with one attached hydrogen (secondary N) is 1. The highest BCUT2D eigenvalue weighted by Crippen LogP contribution is 2.29. The predicted molar refractivity (Wildman–Crippen MR) is 106 cm³/mol. The average molecular weight is 382 g/mol. The number of hydrogen-bond donors (Lipinski definition) is 1. The molecule has 4 rings (SSSR count). The molecule has 2 aliphatic rings. The number of carbonyl (C=O) groups is 1. The summed E-state index contributed by atoms with van der Waals surface area (Å²) in [4.78, 5) is 15.3. The normalized spacial score (nSPS) is 20.1. The van der Waals surface area contributed by atoms with Gasteiger partial charge in [-0.05, 0) is 29.3 Å². The molecular weight excluding hydrogens is 356 g/mol. The number of amides is 1. The van der Waals surface area contributed by atoms with Crippen LogP contribution in [-0.2, 0) is 16.0 Å². The third-order valence-electron chi connectivity index (χ3n) is 5.32. The fourth-order valence-electron chi connectivity index (χ4n) is 3.71. The van der Waals surface area contributed by atoms with Crippen molar-refractivity contribution in [2.45, 2.75) is 18.6 Å². The van der Waals surface area contributed by atoms with Crippen LogP contribution in [0.3, 0.4) is 0 Å². The summed E-state index contributed by atoms with van der Waals surface area (Å²) in [6.07, 6.45) is 0.123. The first-order chi connectivity index (χ1) is 13.7. The summed E-state index contributed by atoms with van der Waals surface area (Å²) in [5.41, 5.74) is 2.13. The van der Waals surface area contributed by atoms with Crippen LogP contribution in [0.4, 0.5) is 0 Å². The molecule has 2 aromatic rings. The van der Waals surface area contributed by atoms with Crippen molar-refractivity contribution < 1.29 is 19.0 Å². The standard InChI is InChI=1S/C22H26N2O4/c1-26-18-8-6-16(7-9-18)19(15-24-10-12-27-13-11-24)23-22(25)21-14-17-4-2-3-5-20(17)28-21/h2-9,19,21H,10-15H2,1H3,(H,23,25)/t19-,21+/m1/s1. The van der Waals surface area contributed by atoms with Crippen LogP contribution in [0.5, 0.6) is 11.5 Å². The Morgan fingerprint density at radius 1 is 1.18 bits per heavy atom. The van der Waals surface area contributed by atoms with Gasteiger partial charge in [0.05, 0.1) is 26.4 Å². The molecular formula is C22H26N2O4. The van der Waals surface area contributed by atoms with Crippen LogP contribution in [0.2, 0.25) is 0 Å². The second kappa shape index (κ2) is 8.63. The number of para-hydroxylation sites is 1. The molecule has 0 saturated carbocycles. The molecule has 1 N–H and O–H groups in total. The number of rotatable bonds is 6. The van der Waals surface area contributed by atoms with Gasteiger partial charge in [-0.3, -0.25) is 9.69 Å². The molecule has 0 aromatic heterocycles. The van der Waals surface area contributed by atoms with E-state index in [0.29, 0.717) is 6.42 Å². The SMILES string of the molecule is COc1ccc([C@@H](CN2CCOCC2)NC(=O)[C@@H]2Cc3ccccc3O2)cc1. The van der Waals surface area contributed by atoms with Crippen molar-refractivity contribution in [3.63, 3.8) is 0 Å². The van der Waals surface area contributed by atoms with Gasteiger partial charge < -0.3 is 19.5 Å². The number of hydrogen-bond acceptors (Lipinski definition) is 5. The molecule has 0 radical (unpaired) electrons. The fraction of sp³-hybridized carbons (Fsp3) is 0.409. The van der Waals surface area contributed by atoms with Crippen LogP contribution in [0.15, 0.2) is 48.5 Å². The summed E-state index contributed by atoms with van der Waals surface area (Å²) in [5, 5.41) is 3.21. The van der Waals surface area contributed by atoms with Crippen molar-refractivity contribution in [1.29, 1.82) is 0 Å². The molecule has 0 bridgehead atoms. The molecule has 2 atom stereocenters. The molecule has 1 fully saturated rings. The van der Waals surface area contributed by atoms with Gasteiger partial charge in [-0.15, -0.1) is 0 Å². The molecule has 6 nitrogen and oxygen atoms in total. The van der Waals surface area contributed by atoms with E-state index < -0.39 is 6.10 Å². The van der Waals surface area contributed by atoms with Gasteiger partial charge in [-0.1, -0.05) is 30.3 Å². The molecule has 1 amide bonds. The average Bonchev–Trinajstić information content (AvgIpc) is 3.18. The largest absolute Gasteiger partial charge is 0.497 e. The van der Waals surface area contributed by atoms with Gasteiger partial charge in [0.1, 0.15) is 11.5 Å². The van der Waals surface area contributed by atoms with Gasteiger partial charge in [0.15, 0.2) is 6.10 Å². The second-order valence-electron chi connectivity index (χ2n) is 7.17. The predicted octanol–water partition coefficient (Wildman–Crippen LogP) is 2.19. The first-order valence-corrected chi connectivity index (χ1v) is 9.72. The number of morpholine rings is 1. The van der Waals surface area contributed by atoms with Gasteiger partial charge in [0.2, 0.25) is 0 Å². The number of fused-ring (bicyclic) bond motifs is 1. The van der Waals surface area contributed by atoms with E-state index in [4.69, 9.17) is 14.2 Å². The number of benzene rings is 2. The molecule has 148 valence electrons. The second-order valence-corrected chi connectivity index (χ2v) is 7.17. The maximum atomic E-state index is 13.0. The van der Waals surface area contributed by atoms with Crippen LogP contribution in [0.25, 0.3) is 0 Å². The van der Waals surface area contributed by atoms with E-state index in [1.165, 1.54) is 0 Å². The Labute approximate surface area is 165 Å². The lowest BCUT2D eigenvalue weighted by Gasteiger charge is -2.31. The van der Waals surface area contributed by atoms with Gasteiger partial charge in [-0.2, -0.15) is 0 Å². The Morgan fingerprint density at radius 2 is 1.93 bits per heavy atom. The minimum atomic E-state index is -0.483. The van der Waals surface area contributed by atoms with Crippen molar-refractivity contribution >= 4 is 5.91 Å². The zero-order valence-corrected chi connectivity index (χ0v) is 16.1. The van der Waals surface area contributed by atoms with Gasteiger partial charge >= 0.3 is 0 Å². The highest BCUT2D eigenvalue weighted by molar-refractivity contribution is 5.83. The summed E-state index contributed by atoms with van der Waals surface area (Å²) >= 11 is 0. The van der Waals surface area contributed by atoms with Crippen molar-refractivity contribution in [1.82, 2.24) is 10.2 Å². The summed E-state index contributed by atoms with van der Waals surface area (Å²) in [6.45, 7) is 3.93. The first kappa shape index (κ1) is 18.8. The summed E-state index contributed by atoms with van der Waals surface area (Å²) in [7, 11) is 1.65. The Kier molecular flexibility index (Phi) is 5.78. The molecule has 28 heavy (non-hydrogen) atoms. The lowest BCUT2D eigenvalue weighted by Crippen LogP contribution is -2.46. The number of methoxy groups -OCH3 is 1. The Balaban J connectivity index is 1.47. The summed E-state index contributed by atoms with van der Waals surface area (Å²) in [5.74, 6) is 1.52. The summed E-state index contributed by atoms with van der Waals surface area (Å²) in [6, 6.07) is 15.6. The van der Waals surface area contributed by atoms with Gasteiger partial charge in [0.25, 0.3) is 5.91 Å². The fourth-order valence-corrected chi connectivity index (χ4v) is 3.71. The Morgan fingerprint density at radius 3 is 2.64 bits per heavy atom. The number of nitrogens with zero attached hydrogens (tertiary/aromatic N) is 1. The van der Waals surface area contributed by atoms with Crippen LogP contribution < -0.4 is 14.8 Å². The molecule has 0 spiro atoms. The highest BCUT2D eigenvalue weighted by atomic mass is 16.5. The lowest BCUT2D eigenvalue weighted by atomic mass is 10.0. The molecule has 0 aliphatic carbocycles. The van der Waals surface area contributed by atoms with E-state index >= 15 is 0 Å². The summed E-state index contributed by atoms with van der Waals surface area (Å²) < 4.78 is 16.6. The van der Waals surface area contributed by atoms with Gasteiger partial charge in [-0.25, -0.2) is 0 Å². The Bertz CT molecular complexity index is 777. The van der Waals surface area contributed by atoms with Crippen molar-refractivity contribution in [2.75, 3.05) is 40.0 Å². The molecule has 6 heteroatoms. The number of ether oxygens (including phenoxy) is 3. The van der Waals surface area contributed by atoms with E-state index in [1.807, 2.05) is 48.5 Å². The third-order valence-corrected chi connectivity index (χ3v) is 5.32. The topological polar surface area (TPSA) is 60.0 Å². The third kappa shape index (κ3) is 4.29. The van der Waals surface area contributed by atoms with Crippen LogP contribution in [0.1, 0.15) is 17.2 Å². The van der Waals surface area contributed by atoms with Crippen molar-refractivity contribution in [2.24, 2.45) is 0 Å². The first-order valence-electron chi connectivity index (χ1n) is 9.72. The highest BCUT2D eigenvalue weighted by Gasteiger charge is 2.31. The zero-order valence-electron chi connectivity index (χ0n) is 16.1. The molecule has 2 aromatic carbocycles.